The molecule has 20 heavy (non-hydrogen) atoms. The highest BCUT2D eigenvalue weighted by Crippen LogP contribution is 2.17. The number of halogens is 1. The number of carbonyl (C=O) groups is 1. The molecule has 5 heteroatoms. The summed E-state index contributed by atoms with van der Waals surface area (Å²) in [5.74, 6) is 0.343. The number of nitrogens with two attached hydrogens (primary N) is 1. The normalized spacial score (nSPS) is 13.2. The molecule has 0 aliphatic rings. The number of amides is 1. The quantitative estimate of drug-likeness (QED) is 0.772. The minimum absolute atomic E-state index is 0. The largest absolute Gasteiger partial charge is 0.380 e. The van der Waals surface area contributed by atoms with E-state index < -0.39 is 0 Å². The summed E-state index contributed by atoms with van der Waals surface area (Å²) in [4.78, 5) is 11.8. The molecule has 0 bridgehead atoms. The molecule has 2 unspecified atom stereocenters. The van der Waals surface area contributed by atoms with E-state index in [-0.39, 0.29) is 24.4 Å². The fraction of sp³-hybridized carbons (Fsp3) is 0.533. The van der Waals surface area contributed by atoms with Crippen molar-refractivity contribution in [3.05, 3.63) is 35.9 Å². The van der Waals surface area contributed by atoms with Gasteiger partial charge in [0.15, 0.2) is 0 Å². The summed E-state index contributed by atoms with van der Waals surface area (Å²) in [5.41, 5.74) is 6.76. The molecule has 0 aliphatic carbocycles. The maximum absolute atomic E-state index is 11.8. The van der Waals surface area contributed by atoms with Crippen LogP contribution in [-0.4, -0.2) is 32.2 Å². The molecule has 3 N–H and O–H groups in total. The topological polar surface area (TPSA) is 64.4 Å². The summed E-state index contributed by atoms with van der Waals surface area (Å²) in [6, 6.07) is 10.2. The average Bonchev–Trinajstić information content (AvgIpc) is 2.46. The van der Waals surface area contributed by atoms with Crippen molar-refractivity contribution < 1.29 is 9.53 Å². The van der Waals surface area contributed by atoms with Gasteiger partial charge >= 0.3 is 0 Å². The van der Waals surface area contributed by atoms with Crippen molar-refractivity contribution in [2.45, 2.75) is 31.8 Å². The molecular formula is C15H25ClN2O2. The zero-order chi connectivity index (χ0) is 14.1. The number of carbonyl (C=O) groups excluding carboxylic acids is 1. The molecule has 4 nitrogen and oxygen atoms in total. The van der Waals surface area contributed by atoms with Crippen LogP contribution in [0.5, 0.6) is 0 Å². The molecule has 0 radical (unpaired) electrons. The van der Waals surface area contributed by atoms with Gasteiger partial charge in [-0.3, -0.25) is 4.79 Å². The van der Waals surface area contributed by atoms with Gasteiger partial charge in [-0.2, -0.15) is 0 Å². The lowest BCUT2D eigenvalue weighted by atomic mass is 9.96. The molecule has 2 atom stereocenters. The molecule has 1 aromatic rings. The predicted molar refractivity (Wildman–Crippen MR) is 84.2 cm³/mol. The van der Waals surface area contributed by atoms with Crippen molar-refractivity contribution in [3.63, 3.8) is 0 Å². The van der Waals surface area contributed by atoms with Crippen LogP contribution in [0.25, 0.3) is 0 Å². The van der Waals surface area contributed by atoms with E-state index in [0.717, 1.165) is 6.42 Å². The lowest BCUT2D eigenvalue weighted by molar-refractivity contribution is -0.123. The Bertz CT molecular complexity index is 369. The molecule has 0 spiro atoms. The summed E-state index contributed by atoms with van der Waals surface area (Å²) in [5, 5.41) is 2.96. The van der Waals surface area contributed by atoms with E-state index in [1.165, 1.54) is 5.56 Å². The second kappa shape index (κ2) is 10.7. The first kappa shape index (κ1) is 18.9. The fourth-order valence-corrected chi connectivity index (χ4v) is 2.00. The van der Waals surface area contributed by atoms with Gasteiger partial charge in [-0.25, -0.2) is 0 Å². The van der Waals surface area contributed by atoms with Crippen molar-refractivity contribution in [2.24, 2.45) is 5.73 Å². The van der Waals surface area contributed by atoms with Crippen molar-refractivity contribution in [1.29, 1.82) is 0 Å². The Morgan fingerprint density at radius 1 is 1.35 bits per heavy atom. The summed E-state index contributed by atoms with van der Waals surface area (Å²) >= 11 is 0. The van der Waals surface area contributed by atoms with E-state index >= 15 is 0 Å². The van der Waals surface area contributed by atoms with E-state index in [9.17, 15) is 4.79 Å². The highest BCUT2D eigenvalue weighted by Gasteiger charge is 2.14. The van der Waals surface area contributed by atoms with E-state index in [2.05, 4.69) is 24.4 Å². The van der Waals surface area contributed by atoms with Crippen LogP contribution in [0.1, 0.15) is 31.2 Å². The summed E-state index contributed by atoms with van der Waals surface area (Å²) in [6.45, 7) is 3.14. The third kappa shape index (κ3) is 6.37. The number of hydrogen-bond acceptors (Lipinski definition) is 3. The van der Waals surface area contributed by atoms with Crippen LogP contribution in [0.4, 0.5) is 0 Å². The third-order valence-electron chi connectivity index (χ3n) is 3.32. The van der Waals surface area contributed by atoms with Gasteiger partial charge < -0.3 is 15.8 Å². The fourth-order valence-electron chi connectivity index (χ4n) is 2.00. The maximum atomic E-state index is 11.8. The van der Waals surface area contributed by atoms with Crippen molar-refractivity contribution in [2.75, 3.05) is 20.2 Å². The van der Waals surface area contributed by atoms with Gasteiger partial charge in [-0.1, -0.05) is 37.3 Å². The molecule has 0 fully saturated rings. The standard InChI is InChI=1S/C15H24N2O2.ClH/c1-3-12(13-7-5-4-6-8-13)11-17-15(18)9-14(10-16)19-2;/h4-8,12,14H,3,9-11,16H2,1-2H3,(H,17,18);1H. The molecule has 1 amide bonds. The highest BCUT2D eigenvalue weighted by molar-refractivity contribution is 5.85. The van der Waals surface area contributed by atoms with E-state index in [1.54, 1.807) is 7.11 Å². The van der Waals surface area contributed by atoms with Crippen LogP contribution in [0, 0.1) is 0 Å². The van der Waals surface area contributed by atoms with Crippen molar-refractivity contribution in [3.8, 4) is 0 Å². The Kier molecular flexibility index (Phi) is 10.1. The first-order valence-corrected chi connectivity index (χ1v) is 6.75. The van der Waals surface area contributed by atoms with Gasteiger partial charge in [-0.05, 0) is 12.0 Å². The summed E-state index contributed by atoms with van der Waals surface area (Å²) < 4.78 is 5.10. The van der Waals surface area contributed by atoms with Crippen LogP contribution < -0.4 is 11.1 Å². The Balaban J connectivity index is 0.00000361. The molecule has 0 saturated heterocycles. The molecule has 0 saturated carbocycles. The Morgan fingerprint density at radius 3 is 2.50 bits per heavy atom. The molecule has 1 aromatic carbocycles. The first-order valence-electron chi connectivity index (χ1n) is 6.75. The van der Waals surface area contributed by atoms with E-state index in [0.29, 0.717) is 25.4 Å². The lowest BCUT2D eigenvalue weighted by Crippen LogP contribution is -2.34. The van der Waals surface area contributed by atoms with Gasteiger partial charge in [0.05, 0.1) is 12.5 Å². The Labute approximate surface area is 127 Å². The summed E-state index contributed by atoms with van der Waals surface area (Å²) in [7, 11) is 1.57. The van der Waals surface area contributed by atoms with Crippen LogP contribution in [0.3, 0.4) is 0 Å². The molecule has 0 heterocycles. The average molecular weight is 301 g/mol. The minimum Gasteiger partial charge on any atom is -0.380 e. The van der Waals surface area contributed by atoms with Crippen LogP contribution >= 0.6 is 12.4 Å². The van der Waals surface area contributed by atoms with E-state index in [1.807, 2.05) is 18.2 Å². The number of rotatable bonds is 8. The maximum Gasteiger partial charge on any atom is 0.222 e. The number of benzene rings is 1. The van der Waals surface area contributed by atoms with Crippen LogP contribution in [-0.2, 0) is 9.53 Å². The molecule has 114 valence electrons. The zero-order valence-electron chi connectivity index (χ0n) is 12.2. The first-order chi connectivity index (χ1) is 9.21. The second-order valence-corrected chi connectivity index (χ2v) is 4.62. The molecule has 0 aromatic heterocycles. The second-order valence-electron chi connectivity index (χ2n) is 4.62. The molecular weight excluding hydrogens is 276 g/mol. The van der Waals surface area contributed by atoms with Gasteiger partial charge in [0.2, 0.25) is 5.91 Å². The highest BCUT2D eigenvalue weighted by atomic mass is 35.5. The zero-order valence-corrected chi connectivity index (χ0v) is 13.0. The SMILES string of the molecule is CCC(CNC(=O)CC(CN)OC)c1ccccc1.Cl. The molecule has 0 aliphatic heterocycles. The molecule has 1 rings (SSSR count). The van der Waals surface area contributed by atoms with Crippen LogP contribution in [0.15, 0.2) is 30.3 Å². The lowest BCUT2D eigenvalue weighted by Gasteiger charge is -2.17. The Morgan fingerprint density at radius 2 is 2.00 bits per heavy atom. The van der Waals surface area contributed by atoms with Crippen LogP contribution in [0.2, 0.25) is 0 Å². The predicted octanol–water partition coefficient (Wildman–Crippen LogP) is 2.08. The monoisotopic (exact) mass is 300 g/mol. The van der Waals surface area contributed by atoms with Crippen molar-refractivity contribution in [1.82, 2.24) is 5.32 Å². The van der Waals surface area contributed by atoms with Gasteiger partial charge in [0.25, 0.3) is 0 Å². The number of ether oxygens (including phenoxy) is 1. The smallest absolute Gasteiger partial charge is 0.222 e. The van der Waals surface area contributed by atoms with Gasteiger partial charge in [0, 0.05) is 26.1 Å². The minimum atomic E-state index is -0.197. The number of nitrogens with one attached hydrogen (secondary N) is 1. The van der Waals surface area contributed by atoms with Gasteiger partial charge in [0.1, 0.15) is 0 Å². The van der Waals surface area contributed by atoms with Gasteiger partial charge in [-0.15, -0.1) is 12.4 Å². The summed E-state index contributed by atoms with van der Waals surface area (Å²) in [6.07, 6.45) is 1.12. The Hall–Kier alpha value is -1.10. The third-order valence-corrected chi connectivity index (χ3v) is 3.32. The number of hydrogen-bond donors (Lipinski definition) is 2. The van der Waals surface area contributed by atoms with Crippen molar-refractivity contribution >= 4 is 18.3 Å². The van der Waals surface area contributed by atoms with E-state index in [4.69, 9.17) is 10.5 Å². The number of methoxy groups -OCH3 is 1.